The van der Waals surface area contributed by atoms with E-state index < -0.39 is 11.2 Å². The van der Waals surface area contributed by atoms with Crippen molar-refractivity contribution in [1.82, 2.24) is 4.90 Å². The van der Waals surface area contributed by atoms with E-state index >= 15 is 0 Å². The fourth-order valence-electron chi connectivity index (χ4n) is 9.83. The Hall–Kier alpha value is -1.17. The lowest BCUT2D eigenvalue weighted by Crippen LogP contribution is -2.66. The van der Waals surface area contributed by atoms with Gasteiger partial charge in [-0.1, -0.05) is 13.8 Å². The Morgan fingerprint density at radius 3 is 2.46 bits per heavy atom. The van der Waals surface area contributed by atoms with Gasteiger partial charge in [0.15, 0.2) is 0 Å². The Morgan fingerprint density at radius 1 is 0.971 bits per heavy atom. The molecule has 2 heterocycles. The second-order valence-electron chi connectivity index (χ2n) is 13.3. The van der Waals surface area contributed by atoms with Gasteiger partial charge in [-0.15, -0.1) is 0 Å². The minimum absolute atomic E-state index is 0.122. The van der Waals surface area contributed by atoms with Crippen molar-refractivity contribution in [3.63, 3.8) is 0 Å². The van der Waals surface area contributed by atoms with Crippen LogP contribution in [0.1, 0.15) is 96.0 Å². The van der Waals surface area contributed by atoms with Crippen molar-refractivity contribution in [2.75, 3.05) is 19.6 Å². The molecule has 1 aromatic heterocycles. The number of hydrogen-bond donors (Lipinski definition) is 2. The molecular formula is C30H44NO4. The van der Waals surface area contributed by atoms with Crippen LogP contribution < -0.4 is 5.63 Å². The lowest BCUT2D eigenvalue weighted by Gasteiger charge is -2.66. The molecule has 4 aliphatic carbocycles. The molecule has 0 bridgehead atoms. The number of fused-ring (bicyclic) bond motifs is 5. The molecule has 5 nitrogen and oxygen atoms in total. The van der Waals surface area contributed by atoms with E-state index in [0.29, 0.717) is 11.8 Å². The van der Waals surface area contributed by atoms with Crippen molar-refractivity contribution in [3.05, 3.63) is 40.8 Å². The van der Waals surface area contributed by atoms with Crippen LogP contribution in [-0.2, 0) is 0 Å². The molecule has 1 saturated heterocycles. The number of nitrogens with zero attached hydrogens (tertiary/aromatic N) is 1. The Kier molecular flexibility index (Phi) is 5.82. The van der Waals surface area contributed by atoms with Crippen LogP contribution >= 0.6 is 0 Å². The molecule has 5 fully saturated rings. The molecule has 5 heteroatoms. The Labute approximate surface area is 210 Å². The summed E-state index contributed by atoms with van der Waals surface area (Å²) in [6.45, 7) is 8.15. The highest BCUT2D eigenvalue weighted by Crippen LogP contribution is 2.71. The summed E-state index contributed by atoms with van der Waals surface area (Å²) >= 11 is 0. The maximum atomic E-state index is 12.4. The molecule has 0 spiro atoms. The third-order valence-electron chi connectivity index (χ3n) is 12.1. The maximum absolute atomic E-state index is 12.4. The standard InChI is InChI=1S/C30H44NO4/c1-27-12-7-21(11-18-31-16-3-4-17-31)19-29(27,33)14-9-25-24(27)8-13-28(2)23(10-15-30(25,28)34)22-5-6-26(32)35-20-22/h5-6,11,20-21,23-25,33-34H,3-4,7-10,12-19H2,1-2H3/t21-,23-,24+,25-,27-,28-,29+,30+/m1/s1. The smallest absolute Gasteiger partial charge is 0.335 e. The summed E-state index contributed by atoms with van der Waals surface area (Å²) in [5.41, 5.74) is -0.954. The van der Waals surface area contributed by atoms with Crippen LogP contribution in [0.15, 0.2) is 27.6 Å². The van der Waals surface area contributed by atoms with Crippen LogP contribution in [-0.4, -0.2) is 45.9 Å². The largest absolute Gasteiger partial charge is 0.431 e. The van der Waals surface area contributed by atoms with Gasteiger partial charge in [-0.25, -0.2) is 4.79 Å². The minimum atomic E-state index is -0.722. The highest BCUT2D eigenvalue weighted by molar-refractivity contribution is 5.27. The minimum Gasteiger partial charge on any atom is -0.431 e. The van der Waals surface area contributed by atoms with E-state index in [9.17, 15) is 15.0 Å². The number of rotatable bonds is 4. The van der Waals surface area contributed by atoms with E-state index in [-0.39, 0.29) is 28.3 Å². The summed E-state index contributed by atoms with van der Waals surface area (Å²) in [7, 11) is 0. The molecule has 0 amide bonds. The molecular weight excluding hydrogens is 438 g/mol. The maximum Gasteiger partial charge on any atom is 0.335 e. The molecule has 0 aromatic carbocycles. The van der Waals surface area contributed by atoms with Crippen molar-refractivity contribution >= 4 is 0 Å². The third kappa shape index (κ3) is 3.54. The van der Waals surface area contributed by atoms with Crippen LogP contribution in [0.4, 0.5) is 0 Å². The van der Waals surface area contributed by atoms with Crippen molar-refractivity contribution in [1.29, 1.82) is 0 Å². The van der Waals surface area contributed by atoms with E-state index in [1.807, 2.05) is 6.07 Å². The molecule has 8 atom stereocenters. The second kappa shape index (κ2) is 8.43. The van der Waals surface area contributed by atoms with Crippen LogP contribution in [0.25, 0.3) is 0 Å². The van der Waals surface area contributed by atoms with Gasteiger partial charge in [-0.3, -0.25) is 0 Å². The van der Waals surface area contributed by atoms with Crippen LogP contribution in [0.2, 0.25) is 0 Å². The van der Waals surface area contributed by atoms with E-state index in [0.717, 1.165) is 69.9 Å². The first kappa shape index (κ1) is 24.2. The van der Waals surface area contributed by atoms with Gasteiger partial charge in [0.1, 0.15) is 0 Å². The lowest BCUT2D eigenvalue weighted by molar-refractivity contribution is -0.248. The van der Waals surface area contributed by atoms with Gasteiger partial charge in [-0.2, -0.15) is 0 Å². The highest BCUT2D eigenvalue weighted by Gasteiger charge is 2.69. The summed E-state index contributed by atoms with van der Waals surface area (Å²) in [6.07, 6.45) is 15.4. The van der Waals surface area contributed by atoms with Crippen LogP contribution in [0.3, 0.4) is 0 Å². The molecule has 4 saturated carbocycles. The molecule has 1 aliphatic heterocycles. The molecule has 1 aromatic rings. The SMILES string of the molecule is C[C@]12CC[C@H]([CH]CN3CCCC3)C[C@@]1(O)CC[C@@H]1[C@@H]2CC[C@]2(C)[C@@H](c3ccc(=O)oc3)CC[C@]12O. The Morgan fingerprint density at radius 2 is 1.71 bits per heavy atom. The predicted octanol–water partition coefficient (Wildman–Crippen LogP) is 4.91. The topological polar surface area (TPSA) is 73.9 Å². The Balaban J connectivity index is 1.21. The van der Waals surface area contributed by atoms with Gasteiger partial charge >= 0.3 is 5.63 Å². The van der Waals surface area contributed by atoms with E-state index in [2.05, 4.69) is 25.2 Å². The van der Waals surface area contributed by atoms with Gasteiger partial charge in [0.2, 0.25) is 0 Å². The van der Waals surface area contributed by atoms with E-state index in [4.69, 9.17) is 4.42 Å². The fraction of sp³-hybridized carbons (Fsp3) is 0.800. The summed E-state index contributed by atoms with van der Waals surface area (Å²) in [4.78, 5) is 14.1. The summed E-state index contributed by atoms with van der Waals surface area (Å²) < 4.78 is 5.22. The van der Waals surface area contributed by atoms with Gasteiger partial charge in [-0.05, 0) is 131 Å². The monoisotopic (exact) mass is 482 g/mol. The van der Waals surface area contributed by atoms with E-state index in [1.54, 1.807) is 6.26 Å². The van der Waals surface area contributed by atoms with Gasteiger partial charge in [0.05, 0.1) is 17.5 Å². The van der Waals surface area contributed by atoms with Crippen molar-refractivity contribution < 1.29 is 14.6 Å². The summed E-state index contributed by atoms with van der Waals surface area (Å²) in [6, 6.07) is 3.42. The van der Waals surface area contributed by atoms with Crippen LogP contribution in [0.5, 0.6) is 0 Å². The predicted molar refractivity (Wildman–Crippen MR) is 136 cm³/mol. The molecule has 193 valence electrons. The number of aliphatic hydroxyl groups is 2. The summed E-state index contributed by atoms with van der Waals surface area (Å²) in [5.74, 6) is 1.32. The van der Waals surface area contributed by atoms with Crippen molar-refractivity contribution in [2.45, 2.75) is 102 Å². The van der Waals surface area contributed by atoms with Gasteiger partial charge in [0.25, 0.3) is 0 Å². The van der Waals surface area contributed by atoms with Gasteiger partial charge in [0, 0.05) is 18.0 Å². The molecule has 1 radical (unpaired) electrons. The molecule has 5 aliphatic rings. The molecule has 35 heavy (non-hydrogen) atoms. The van der Waals surface area contributed by atoms with Crippen molar-refractivity contribution in [2.24, 2.45) is 28.6 Å². The molecule has 0 unspecified atom stereocenters. The first-order chi connectivity index (χ1) is 16.7. The zero-order valence-electron chi connectivity index (χ0n) is 21.7. The highest BCUT2D eigenvalue weighted by atomic mass is 16.4. The average Bonchev–Trinajstić information content (AvgIpc) is 3.45. The third-order valence-corrected chi connectivity index (χ3v) is 12.1. The first-order valence-corrected chi connectivity index (χ1v) is 14.3. The molecule has 2 N–H and O–H groups in total. The zero-order valence-corrected chi connectivity index (χ0v) is 21.7. The summed E-state index contributed by atoms with van der Waals surface area (Å²) in [5, 5.41) is 24.6. The first-order valence-electron chi connectivity index (χ1n) is 14.3. The fourth-order valence-corrected chi connectivity index (χ4v) is 9.83. The van der Waals surface area contributed by atoms with Crippen LogP contribution in [0, 0.1) is 35.0 Å². The number of hydrogen-bond acceptors (Lipinski definition) is 5. The normalized spacial score (nSPS) is 47.8. The zero-order chi connectivity index (χ0) is 24.5. The number of likely N-dealkylation sites (tertiary alicyclic amines) is 1. The quantitative estimate of drug-likeness (QED) is 0.638. The Bertz CT molecular complexity index is 982. The lowest BCUT2D eigenvalue weighted by atomic mass is 9.41. The van der Waals surface area contributed by atoms with E-state index in [1.165, 1.54) is 32.0 Å². The molecule has 6 rings (SSSR count). The second-order valence-corrected chi connectivity index (χ2v) is 13.3. The van der Waals surface area contributed by atoms with Gasteiger partial charge < -0.3 is 19.5 Å². The average molecular weight is 483 g/mol. The van der Waals surface area contributed by atoms with Crippen molar-refractivity contribution in [3.8, 4) is 0 Å².